The Bertz CT molecular complexity index is 652. The number of rotatable bonds is 5. The molecule has 1 amide bonds. The van der Waals surface area contributed by atoms with E-state index >= 15 is 0 Å². The van der Waals surface area contributed by atoms with E-state index in [1.807, 2.05) is 0 Å². The number of alkyl halides is 3. The summed E-state index contributed by atoms with van der Waals surface area (Å²) in [6.07, 6.45) is -1.93. The van der Waals surface area contributed by atoms with E-state index in [9.17, 15) is 22.4 Å². The summed E-state index contributed by atoms with van der Waals surface area (Å²) in [4.78, 5) is 11.7. The van der Waals surface area contributed by atoms with Gasteiger partial charge in [-0.3, -0.25) is 9.48 Å². The lowest BCUT2D eigenvalue weighted by molar-refractivity contribution is -0.142. The number of hydrogen-bond acceptors (Lipinski definition) is 2. The number of hydrogen-bond donors (Lipinski definition) is 1. The second-order valence-corrected chi connectivity index (χ2v) is 4.68. The van der Waals surface area contributed by atoms with Crippen molar-refractivity contribution in [1.82, 2.24) is 9.78 Å². The first-order valence-electron chi connectivity index (χ1n) is 6.46. The molecule has 0 aliphatic rings. The van der Waals surface area contributed by atoms with Crippen LogP contribution in [-0.2, 0) is 17.8 Å². The van der Waals surface area contributed by atoms with Crippen LogP contribution in [0.3, 0.4) is 0 Å². The molecule has 0 unspecified atom stereocenters. The number of aryl methyl sites for hydroxylation is 1. The maximum absolute atomic E-state index is 13.4. The minimum absolute atomic E-state index is 0.0192. The lowest BCUT2D eigenvalue weighted by Gasteiger charge is -2.05. The smallest absolute Gasteiger partial charge is 0.323 e. The van der Waals surface area contributed by atoms with Gasteiger partial charge in [-0.1, -0.05) is 18.2 Å². The number of anilines is 1. The number of aromatic nitrogens is 2. The Morgan fingerprint density at radius 1 is 1.27 bits per heavy atom. The van der Waals surface area contributed by atoms with Gasteiger partial charge in [0.1, 0.15) is 12.4 Å². The number of amides is 1. The average molecular weight is 315 g/mol. The fraction of sp³-hybridized carbons (Fsp3) is 0.286. The molecule has 8 heteroatoms. The molecule has 1 N–H and O–H groups in total. The summed E-state index contributed by atoms with van der Waals surface area (Å²) >= 11 is 0. The van der Waals surface area contributed by atoms with Crippen LogP contribution in [0.15, 0.2) is 36.7 Å². The Labute approximate surface area is 123 Å². The highest BCUT2D eigenvalue weighted by molar-refractivity contribution is 5.90. The molecule has 0 fully saturated rings. The zero-order valence-corrected chi connectivity index (χ0v) is 11.4. The summed E-state index contributed by atoms with van der Waals surface area (Å²) in [6, 6.07) is 6.09. The van der Waals surface area contributed by atoms with Crippen molar-refractivity contribution in [2.24, 2.45) is 0 Å². The molecule has 0 aliphatic carbocycles. The topological polar surface area (TPSA) is 46.9 Å². The number of carbonyl (C=O) groups excluding carboxylic acids is 1. The zero-order valence-electron chi connectivity index (χ0n) is 11.4. The monoisotopic (exact) mass is 315 g/mol. The fourth-order valence-corrected chi connectivity index (χ4v) is 1.87. The van der Waals surface area contributed by atoms with Crippen molar-refractivity contribution in [2.45, 2.75) is 25.6 Å². The first-order chi connectivity index (χ1) is 10.3. The molecule has 0 radical (unpaired) electrons. The van der Waals surface area contributed by atoms with Crippen molar-refractivity contribution in [3.8, 4) is 0 Å². The van der Waals surface area contributed by atoms with Gasteiger partial charge in [-0.05, 0) is 18.1 Å². The molecule has 22 heavy (non-hydrogen) atoms. The molecule has 2 aromatic rings. The highest BCUT2D eigenvalue weighted by Gasteiger charge is 2.28. The van der Waals surface area contributed by atoms with Crippen LogP contribution in [0.2, 0.25) is 0 Å². The molecular weight excluding hydrogens is 302 g/mol. The lowest BCUT2D eigenvalue weighted by Crippen LogP contribution is -2.18. The van der Waals surface area contributed by atoms with Crippen molar-refractivity contribution in [1.29, 1.82) is 0 Å². The van der Waals surface area contributed by atoms with Crippen molar-refractivity contribution in [3.05, 3.63) is 48.0 Å². The predicted octanol–water partition coefficient (Wildman–Crippen LogP) is 3.16. The molecule has 1 aromatic heterocycles. The van der Waals surface area contributed by atoms with Gasteiger partial charge < -0.3 is 5.32 Å². The van der Waals surface area contributed by atoms with Crippen LogP contribution in [0.1, 0.15) is 12.0 Å². The summed E-state index contributed by atoms with van der Waals surface area (Å²) in [7, 11) is 0. The van der Waals surface area contributed by atoms with E-state index in [0.29, 0.717) is 10.2 Å². The molecule has 118 valence electrons. The zero-order chi connectivity index (χ0) is 16.2. The number of halogens is 4. The van der Waals surface area contributed by atoms with E-state index in [1.165, 1.54) is 6.07 Å². The van der Waals surface area contributed by atoms with Gasteiger partial charge in [-0.15, -0.1) is 0 Å². The van der Waals surface area contributed by atoms with Crippen LogP contribution < -0.4 is 5.32 Å². The van der Waals surface area contributed by atoms with E-state index in [1.54, 1.807) is 18.2 Å². The second kappa shape index (κ2) is 6.59. The van der Waals surface area contributed by atoms with Crippen LogP contribution >= 0.6 is 0 Å². The normalized spacial score (nSPS) is 11.5. The van der Waals surface area contributed by atoms with Crippen LogP contribution in [0, 0.1) is 5.82 Å². The third-order valence-corrected chi connectivity index (χ3v) is 2.84. The van der Waals surface area contributed by atoms with Crippen molar-refractivity contribution in [3.63, 3.8) is 0 Å². The van der Waals surface area contributed by atoms with Gasteiger partial charge in [0.05, 0.1) is 11.9 Å². The average Bonchev–Trinajstić information content (AvgIpc) is 2.82. The highest BCUT2D eigenvalue weighted by atomic mass is 19.4. The van der Waals surface area contributed by atoms with Gasteiger partial charge in [-0.2, -0.15) is 18.3 Å². The van der Waals surface area contributed by atoms with E-state index in [-0.39, 0.29) is 18.5 Å². The maximum atomic E-state index is 13.4. The summed E-state index contributed by atoms with van der Waals surface area (Å²) < 4.78 is 50.6. The predicted molar refractivity (Wildman–Crippen MR) is 71.6 cm³/mol. The second-order valence-electron chi connectivity index (χ2n) is 4.68. The fourth-order valence-electron chi connectivity index (χ4n) is 1.87. The Hall–Kier alpha value is -2.38. The van der Waals surface area contributed by atoms with E-state index in [0.717, 1.165) is 12.4 Å². The van der Waals surface area contributed by atoms with E-state index < -0.39 is 24.4 Å². The summed E-state index contributed by atoms with van der Waals surface area (Å²) in [6.45, 7) is -1.22. The van der Waals surface area contributed by atoms with Crippen molar-refractivity contribution < 1.29 is 22.4 Å². The van der Waals surface area contributed by atoms with Gasteiger partial charge in [0, 0.05) is 12.6 Å². The number of benzene rings is 1. The molecule has 4 nitrogen and oxygen atoms in total. The molecule has 2 rings (SSSR count). The largest absolute Gasteiger partial charge is 0.408 e. The molecule has 0 spiro atoms. The third kappa shape index (κ3) is 4.87. The third-order valence-electron chi connectivity index (χ3n) is 2.84. The summed E-state index contributed by atoms with van der Waals surface area (Å²) in [5.74, 6) is -0.817. The molecule has 0 atom stereocenters. The van der Waals surface area contributed by atoms with Gasteiger partial charge in [-0.25, -0.2) is 4.39 Å². The summed E-state index contributed by atoms with van der Waals surface area (Å²) in [5, 5.41) is 5.93. The van der Waals surface area contributed by atoms with Crippen molar-refractivity contribution >= 4 is 11.6 Å². The van der Waals surface area contributed by atoms with Crippen LogP contribution in [0.5, 0.6) is 0 Å². The Morgan fingerprint density at radius 2 is 2.00 bits per heavy atom. The van der Waals surface area contributed by atoms with Gasteiger partial charge in [0.25, 0.3) is 0 Å². The SMILES string of the molecule is O=C(CCc1ccccc1F)Nc1cnn(CC(F)(F)F)c1. The molecule has 0 saturated carbocycles. The molecule has 1 heterocycles. The number of nitrogens with zero attached hydrogens (tertiary/aromatic N) is 2. The number of nitrogens with one attached hydrogen (secondary N) is 1. The Kier molecular flexibility index (Phi) is 4.79. The quantitative estimate of drug-likeness (QED) is 0.862. The molecule has 0 aliphatic heterocycles. The molecular formula is C14H13F4N3O. The van der Waals surface area contributed by atoms with Crippen molar-refractivity contribution in [2.75, 3.05) is 5.32 Å². The van der Waals surface area contributed by atoms with Gasteiger partial charge >= 0.3 is 6.18 Å². The summed E-state index contributed by atoms with van der Waals surface area (Å²) in [5.41, 5.74) is 0.577. The molecule has 0 saturated heterocycles. The first kappa shape index (κ1) is 16.0. The molecule has 1 aromatic carbocycles. The highest BCUT2D eigenvalue weighted by Crippen LogP contribution is 2.18. The minimum Gasteiger partial charge on any atom is -0.323 e. The standard InChI is InChI=1S/C14H13F4N3O/c15-12-4-2-1-3-10(12)5-6-13(22)20-11-7-19-21(8-11)9-14(16,17)18/h1-4,7-8H,5-6,9H2,(H,20,22). The Balaban J connectivity index is 1.86. The van der Waals surface area contributed by atoms with Gasteiger partial charge in [0.2, 0.25) is 5.91 Å². The van der Waals surface area contributed by atoms with Crippen LogP contribution in [0.25, 0.3) is 0 Å². The van der Waals surface area contributed by atoms with Crippen LogP contribution in [-0.4, -0.2) is 21.9 Å². The minimum atomic E-state index is -4.38. The first-order valence-corrected chi connectivity index (χ1v) is 6.46. The Morgan fingerprint density at radius 3 is 2.68 bits per heavy atom. The lowest BCUT2D eigenvalue weighted by atomic mass is 10.1. The van der Waals surface area contributed by atoms with E-state index in [4.69, 9.17) is 0 Å². The van der Waals surface area contributed by atoms with Gasteiger partial charge in [0.15, 0.2) is 0 Å². The maximum Gasteiger partial charge on any atom is 0.408 e. The number of carbonyl (C=O) groups is 1. The molecule has 0 bridgehead atoms. The van der Waals surface area contributed by atoms with Crippen LogP contribution in [0.4, 0.5) is 23.2 Å². The van der Waals surface area contributed by atoms with E-state index in [2.05, 4.69) is 10.4 Å².